The number of hydrogen-bond acceptors (Lipinski definition) is 6. The van der Waals surface area contributed by atoms with Crippen molar-refractivity contribution in [2.75, 3.05) is 18.5 Å². The highest BCUT2D eigenvalue weighted by Gasteiger charge is 2.14. The molecule has 2 aromatic rings. The van der Waals surface area contributed by atoms with Crippen molar-refractivity contribution in [1.82, 2.24) is 15.3 Å². The Balaban J connectivity index is 1.51. The van der Waals surface area contributed by atoms with Gasteiger partial charge >= 0.3 is 0 Å². The third-order valence-corrected chi connectivity index (χ3v) is 4.86. The van der Waals surface area contributed by atoms with Crippen LogP contribution in [0.1, 0.15) is 40.8 Å². The van der Waals surface area contributed by atoms with Gasteiger partial charge < -0.3 is 15.4 Å². The van der Waals surface area contributed by atoms with E-state index >= 15 is 0 Å². The van der Waals surface area contributed by atoms with Crippen molar-refractivity contribution in [3.05, 3.63) is 40.0 Å². The third-order valence-electron chi connectivity index (χ3n) is 3.96. The molecule has 7 heteroatoms. The first-order valence-electron chi connectivity index (χ1n) is 8.26. The number of thiazole rings is 1. The van der Waals surface area contributed by atoms with Gasteiger partial charge in [-0.25, -0.2) is 9.97 Å². The quantitative estimate of drug-likeness (QED) is 0.841. The highest BCUT2D eigenvalue weighted by Crippen LogP contribution is 2.14. The van der Waals surface area contributed by atoms with E-state index in [4.69, 9.17) is 4.74 Å². The summed E-state index contributed by atoms with van der Waals surface area (Å²) in [5.41, 5.74) is 1.62. The number of rotatable bonds is 6. The number of ether oxygens (including phenoxy) is 1. The van der Waals surface area contributed by atoms with Crippen LogP contribution in [0.2, 0.25) is 0 Å². The summed E-state index contributed by atoms with van der Waals surface area (Å²) in [6, 6.07) is 4.04. The lowest BCUT2D eigenvalue weighted by atomic mass is 10.1. The molecule has 1 saturated heterocycles. The fourth-order valence-electron chi connectivity index (χ4n) is 2.52. The normalized spacial score (nSPS) is 15.2. The number of pyridine rings is 1. The van der Waals surface area contributed by atoms with Gasteiger partial charge in [-0.1, -0.05) is 6.92 Å². The molecule has 1 aliphatic rings. The molecule has 0 atom stereocenters. The molecule has 1 fully saturated rings. The van der Waals surface area contributed by atoms with Crippen LogP contribution >= 0.6 is 11.3 Å². The minimum absolute atomic E-state index is 0.131. The van der Waals surface area contributed by atoms with Crippen LogP contribution in [0.4, 0.5) is 5.82 Å². The molecule has 0 aliphatic carbocycles. The predicted octanol–water partition coefficient (Wildman–Crippen LogP) is 2.62. The molecule has 0 saturated carbocycles. The number of nitrogens with zero attached hydrogens (tertiary/aromatic N) is 2. The largest absolute Gasteiger partial charge is 0.381 e. The maximum atomic E-state index is 12.2. The van der Waals surface area contributed by atoms with Crippen LogP contribution in [0.25, 0.3) is 0 Å². The molecular weight excluding hydrogens is 324 g/mol. The first-order valence-corrected chi connectivity index (χ1v) is 9.14. The number of carbonyl (C=O) groups is 1. The maximum Gasteiger partial charge on any atom is 0.253 e. The fraction of sp³-hybridized carbons (Fsp3) is 0.471. The van der Waals surface area contributed by atoms with Crippen LogP contribution < -0.4 is 10.6 Å². The highest BCUT2D eigenvalue weighted by molar-refractivity contribution is 7.09. The van der Waals surface area contributed by atoms with Crippen LogP contribution in [-0.2, 0) is 17.7 Å². The van der Waals surface area contributed by atoms with Crippen molar-refractivity contribution in [3.63, 3.8) is 0 Å². The van der Waals surface area contributed by atoms with Gasteiger partial charge in [0.05, 0.1) is 17.8 Å². The van der Waals surface area contributed by atoms with Gasteiger partial charge in [0.15, 0.2) is 0 Å². The van der Waals surface area contributed by atoms with Gasteiger partial charge in [0.25, 0.3) is 5.91 Å². The molecule has 128 valence electrons. The lowest BCUT2D eigenvalue weighted by Gasteiger charge is -2.23. The number of anilines is 1. The van der Waals surface area contributed by atoms with Gasteiger partial charge in [-0.2, -0.15) is 0 Å². The van der Waals surface area contributed by atoms with Gasteiger partial charge in [-0.05, 0) is 31.4 Å². The first-order chi connectivity index (χ1) is 11.7. The lowest BCUT2D eigenvalue weighted by Crippen LogP contribution is -2.28. The molecule has 24 heavy (non-hydrogen) atoms. The summed E-state index contributed by atoms with van der Waals surface area (Å²) in [4.78, 5) is 21.0. The Kier molecular flexibility index (Phi) is 5.77. The summed E-state index contributed by atoms with van der Waals surface area (Å²) in [6.45, 7) is 4.09. The summed E-state index contributed by atoms with van der Waals surface area (Å²) < 4.78 is 5.34. The molecule has 0 aromatic carbocycles. The van der Waals surface area contributed by atoms with Crippen LogP contribution in [0.3, 0.4) is 0 Å². The number of hydrogen-bond donors (Lipinski definition) is 2. The van der Waals surface area contributed by atoms with Crippen LogP contribution in [-0.4, -0.2) is 35.1 Å². The summed E-state index contributed by atoms with van der Waals surface area (Å²) in [5.74, 6) is 0.666. The van der Waals surface area contributed by atoms with E-state index in [1.54, 1.807) is 23.6 Å². The van der Waals surface area contributed by atoms with Crippen LogP contribution in [0, 0.1) is 0 Å². The monoisotopic (exact) mass is 346 g/mol. The van der Waals surface area contributed by atoms with E-state index in [1.807, 2.05) is 11.4 Å². The molecule has 0 unspecified atom stereocenters. The summed E-state index contributed by atoms with van der Waals surface area (Å²) in [6.07, 6.45) is 4.49. The predicted molar refractivity (Wildman–Crippen MR) is 94.4 cm³/mol. The van der Waals surface area contributed by atoms with Crippen molar-refractivity contribution in [3.8, 4) is 0 Å². The van der Waals surface area contributed by atoms with Crippen molar-refractivity contribution in [2.24, 2.45) is 0 Å². The second-order valence-electron chi connectivity index (χ2n) is 5.73. The van der Waals surface area contributed by atoms with E-state index in [2.05, 4.69) is 27.5 Å². The van der Waals surface area contributed by atoms with Gasteiger partial charge in [0.2, 0.25) is 0 Å². The summed E-state index contributed by atoms with van der Waals surface area (Å²) in [7, 11) is 0. The molecule has 0 radical (unpaired) electrons. The van der Waals surface area contributed by atoms with Crippen molar-refractivity contribution < 1.29 is 9.53 Å². The number of nitrogens with one attached hydrogen (secondary N) is 2. The zero-order chi connectivity index (χ0) is 16.8. The van der Waals surface area contributed by atoms with Gasteiger partial charge in [-0.15, -0.1) is 11.3 Å². The molecule has 2 aromatic heterocycles. The summed E-state index contributed by atoms with van der Waals surface area (Å²) >= 11 is 1.57. The lowest BCUT2D eigenvalue weighted by molar-refractivity contribution is 0.0904. The van der Waals surface area contributed by atoms with E-state index < -0.39 is 0 Å². The van der Waals surface area contributed by atoms with E-state index in [-0.39, 0.29) is 5.91 Å². The van der Waals surface area contributed by atoms with E-state index in [0.717, 1.165) is 49.0 Å². The number of aryl methyl sites for hydroxylation is 1. The third kappa shape index (κ3) is 4.52. The standard InChI is InChI=1S/C17H22N4O2S/c1-2-13-11-24-16(21-13)10-19-17(22)12-3-4-15(18-9-12)20-14-5-7-23-8-6-14/h3-4,9,11,14H,2,5-8,10H2,1H3,(H,18,20)(H,19,22). The molecule has 0 bridgehead atoms. The minimum Gasteiger partial charge on any atom is -0.381 e. The van der Waals surface area contributed by atoms with Crippen molar-refractivity contribution >= 4 is 23.1 Å². The SMILES string of the molecule is CCc1csc(CNC(=O)c2ccc(NC3CCOCC3)nc2)n1. The average molecular weight is 346 g/mol. The van der Waals surface area contributed by atoms with Crippen LogP contribution in [0.15, 0.2) is 23.7 Å². The molecule has 2 N–H and O–H groups in total. The van der Waals surface area contributed by atoms with Crippen molar-refractivity contribution in [2.45, 2.75) is 38.8 Å². The van der Waals surface area contributed by atoms with E-state index in [1.165, 1.54) is 0 Å². The number of carbonyl (C=O) groups excluding carboxylic acids is 1. The van der Waals surface area contributed by atoms with Gasteiger partial charge in [-0.3, -0.25) is 4.79 Å². The zero-order valence-electron chi connectivity index (χ0n) is 13.7. The Morgan fingerprint density at radius 3 is 2.88 bits per heavy atom. The smallest absolute Gasteiger partial charge is 0.253 e. The van der Waals surface area contributed by atoms with E-state index in [0.29, 0.717) is 18.2 Å². The Morgan fingerprint density at radius 2 is 2.21 bits per heavy atom. The molecule has 3 rings (SSSR count). The minimum atomic E-state index is -0.131. The van der Waals surface area contributed by atoms with Gasteiger partial charge in [0, 0.05) is 30.8 Å². The number of amides is 1. The Morgan fingerprint density at radius 1 is 1.38 bits per heavy atom. The molecular formula is C17H22N4O2S. The molecule has 3 heterocycles. The Labute approximate surface area is 145 Å². The molecule has 6 nitrogen and oxygen atoms in total. The van der Waals surface area contributed by atoms with Crippen LogP contribution in [0.5, 0.6) is 0 Å². The maximum absolute atomic E-state index is 12.2. The first kappa shape index (κ1) is 16.9. The molecule has 0 spiro atoms. The second kappa shape index (κ2) is 8.21. The second-order valence-corrected chi connectivity index (χ2v) is 6.67. The molecule has 1 aliphatic heterocycles. The molecule has 1 amide bonds. The summed E-state index contributed by atoms with van der Waals surface area (Å²) in [5, 5.41) is 9.22. The fourth-order valence-corrected chi connectivity index (χ4v) is 3.33. The van der Waals surface area contributed by atoms with Gasteiger partial charge in [0.1, 0.15) is 10.8 Å². The number of aromatic nitrogens is 2. The Hall–Kier alpha value is -1.99. The van der Waals surface area contributed by atoms with E-state index in [9.17, 15) is 4.79 Å². The highest BCUT2D eigenvalue weighted by atomic mass is 32.1. The van der Waals surface area contributed by atoms with Crippen molar-refractivity contribution in [1.29, 1.82) is 0 Å². The average Bonchev–Trinajstić information content (AvgIpc) is 3.09. The zero-order valence-corrected chi connectivity index (χ0v) is 14.6. The Bertz CT molecular complexity index is 665. The topological polar surface area (TPSA) is 76.1 Å².